The van der Waals surface area contributed by atoms with Crippen molar-refractivity contribution >= 4 is 11.9 Å². The van der Waals surface area contributed by atoms with Crippen LogP contribution >= 0.6 is 0 Å². The number of halogens is 6. The molecule has 1 N–H and O–H groups in total. The molecule has 0 aliphatic heterocycles. The van der Waals surface area contributed by atoms with Gasteiger partial charge >= 0.3 is 29.7 Å². The Morgan fingerprint density at radius 3 is 2.07 bits per heavy atom. The van der Waals surface area contributed by atoms with Crippen molar-refractivity contribution in [2.24, 2.45) is 11.8 Å². The highest BCUT2D eigenvalue weighted by atomic mass is 19.3. The highest BCUT2D eigenvalue weighted by Gasteiger charge is 2.79. The maximum atomic E-state index is 13.9. The normalized spacial score (nSPS) is 24.3. The number of carbonyl (C=O) groups is 2. The summed E-state index contributed by atoms with van der Waals surface area (Å²) in [4.78, 5) is 22.0. The molecule has 0 spiro atoms. The third-order valence-corrected chi connectivity index (χ3v) is 5.06. The van der Waals surface area contributed by atoms with Crippen molar-refractivity contribution in [1.29, 1.82) is 0 Å². The highest BCUT2D eigenvalue weighted by molar-refractivity contribution is 5.84. The number of rotatable bonds is 7. The predicted molar refractivity (Wildman–Crippen MR) is 82.9 cm³/mol. The first kappa shape index (κ1) is 23.3. The summed E-state index contributed by atoms with van der Waals surface area (Å²) in [6.07, 6.45) is 1.36. The van der Waals surface area contributed by atoms with E-state index in [1.54, 1.807) is 0 Å². The molecule has 0 radical (unpaired) electrons. The SMILES string of the molecule is C=C1CC(C)CC(C(C)(CC)OC(=O)C(F)(F)C(F)(F)C(F)(F)C(=O)O)C1. The van der Waals surface area contributed by atoms with Gasteiger partial charge in [0.15, 0.2) is 0 Å². The molecule has 0 aromatic carbocycles. The molecule has 3 unspecified atom stereocenters. The van der Waals surface area contributed by atoms with Crippen molar-refractivity contribution in [3.8, 4) is 0 Å². The summed E-state index contributed by atoms with van der Waals surface area (Å²) in [5.41, 5.74) is -0.865. The van der Waals surface area contributed by atoms with Gasteiger partial charge in [0.05, 0.1) is 0 Å². The van der Waals surface area contributed by atoms with Gasteiger partial charge in [0.1, 0.15) is 5.60 Å². The summed E-state index contributed by atoms with van der Waals surface area (Å²) in [5, 5.41) is 8.14. The Kier molecular flexibility index (Phi) is 6.34. The number of hydrogen-bond donors (Lipinski definition) is 1. The molecule has 1 aliphatic rings. The second-order valence-corrected chi connectivity index (χ2v) is 7.28. The van der Waals surface area contributed by atoms with Crippen LogP contribution in [0.15, 0.2) is 12.2 Å². The molecule has 0 aromatic rings. The lowest BCUT2D eigenvalue weighted by atomic mass is 9.71. The number of aliphatic carboxylic acids is 1. The third-order valence-electron chi connectivity index (χ3n) is 5.06. The first-order valence-corrected chi connectivity index (χ1v) is 8.29. The Hall–Kier alpha value is -1.74. The first-order valence-electron chi connectivity index (χ1n) is 8.29. The van der Waals surface area contributed by atoms with E-state index in [2.05, 4.69) is 11.3 Å². The molecule has 0 aromatic heterocycles. The Bertz CT molecular complexity index is 619. The van der Waals surface area contributed by atoms with E-state index >= 15 is 0 Å². The molecule has 0 saturated heterocycles. The fourth-order valence-corrected chi connectivity index (χ4v) is 3.22. The monoisotopic (exact) mass is 404 g/mol. The third kappa shape index (κ3) is 4.08. The van der Waals surface area contributed by atoms with E-state index in [0.29, 0.717) is 19.3 Å². The zero-order valence-electron chi connectivity index (χ0n) is 15.1. The van der Waals surface area contributed by atoms with Gasteiger partial charge in [0, 0.05) is 5.92 Å². The van der Waals surface area contributed by atoms with Crippen molar-refractivity contribution in [2.75, 3.05) is 0 Å². The lowest BCUT2D eigenvalue weighted by Gasteiger charge is -2.42. The average molecular weight is 404 g/mol. The summed E-state index contributed by atoms with van der Waals surface area (Å²) in [7, 11) is 0. The van der Waals surface area contributed by atoms with E-state index in [1.807, 2.05) is 6.92 Å². The van der Waals surface area contributed by atoms with Gasteiger partial charge in [-0.2, -0.15) is 26.3 Å². The van der Waals surface area contributed by atoms with E-state index in [-0.39, 0.29) is 12.3 Å². The van der Waals surface area contributed by atoms with Crippen LogP contribution in [0.4, 0.5) is 26.3 Å². The zero-order chi connectivity index (χ0) is 21.4. The molecular formula is C17H22F6O4. The Morgan fingerprint density at radius 2 is 1.67 bits per heavy atom. The summed E-state index contributed by atoms with van der Waals surface area (Å²) in [6.45, 7) is 8.39. The molecule has 156 valence electrons. The molecular weight excluding hydrogens is 382 g/mol. The van der Waals surface area contributed by atoms with Gasteiger partial charge in [-0.1, -0.05) is 26.0 Å². The molecule has 1 fully saturated rings. The first-order chi connectivity index (χ1) is 12.0. The molecule has 1 aliphatic carbocycles. The van der Waals surface area contributed by atoms with Gasteiger partial charge in [0.2, 0.25) is 0 Å². The number of carboxylic acid groups (broad SMARTS) is 1. The van der Waals surface area contributed by atoms with Gasteiger partial charge in [-0.15, -0.1) is 0 Å². The molecule has 0 heterocycles. The Balaban J connectivity index is 3.15. The lowest BCUT2D eigenvalue weighted by Crippen LogP contribution is -2.62. The van der Waals surface area contributed by atoms with E-state index < -0.39 is 41.2 Å². The predicted octanol–water partition coefficient (Wildman–Crippen LogP) is 4.68. The van der Waals surface area contributed by atoms with Crippen molar-refractivity contribution in [3.63, 3.8) is 0 Å². The van der Waals surface area contributed by atoms with E-state index in [4.69, 9.17) is 5.11 Å². The molecule has 0 amide bonds. The molecule has 0 bridgehead atoms. The van der Waals surface area contributed by atoms with Crippen molar-refractivity contribution in [1.82, 2.24) is 0 Å². The average Bonchev–Trinajstić information content (AvgIpc) is 2.52. The Morgan fingerprint density at radius 1 is 1.15 bits per heavy atom. The fourth-order valence-electron chi connectivity index (χ4n) is 3.22. The van der Waals surface area contributed by atoms with Gasteiger partial charge in [-0.25, -0.2) is 9.59 Å². The van der Waals surface area contributed by atoms with Crippen LogP contribution in [-0.2, 0) is 14.3 Å². The van der Waals surface area contributed by atoms with Crippen LogP contribution in [0.2, 0.25) is 0 Å². The highest BCUT2D eigenvalue weighted by Crippen LogP contribution is 2.48. The Labute approximate surface area is 152 Å². The van der Waals surface area contributed by atoms with Crippen molar-refractivity contribution in [2.45, 2.75) is 69.8 Å². The number of ether oxygens (including phenoxy) is 1. The van der Waals surface area contributed by atoms with Gasteiger partial charge < -0.3 is 9.84 Å². The maximum absolute atomic E-state index is 13.9. The molecule has 1 rings (SSSR count). The minimum absolute atomic E-state index is 0.0413. The summed E-state index contributed by atoms with van der Waals surface area (Å²) in [5.74, 6) is -25.5. The minimum atomic E-state index is -6.47. The molecule has 27 heavy (non-hydrogen) atoms. The second kappa shape index (κ2) is 7.35. The van der Waals surface area contributed by atoms with Crippen LogP contribution in [-0.4, -0.2) is 40.4 Å². The molecule has 4 nitrogen and oxygen atoms in total. The van der Waals surface area contributed by atoms with E-state index in [1.165, 1.54) is 13.8 Å². The van der Waals surface area contributed by atoms with Gasteiger partial charge in [-0.3, -0.25) is 0 Å². The summed E-state index contributed by atoms with van der Waals surface area (Å²) >= 11 is 0. The number of alkyl halides is 6. The summed E-state index contributed by atoms with van der Waals surface area (Å²) < 4.78 is 85.6. The maximum Gasteiger partial charge on any atom is 0.411 e. The van der Waals surface area contributed by atoms with Gasteiger partial charge in [0.25, 0.3) is 0 Å². The van der Waals surface area contributed by atoms with Crippen LogP contribution in [0.5, 0.6) is 0 Å². The largest absolute Gasteiger partial charge is 0.477 e. The fraction of sp³-hybridized carbons (Fsp3) is 0.765. The smallest absolute Gasteiger partial charge is 0.411 e. The van der Waals surface area contributed by atoms with Crippen LogP contribution in [0.1, 0.15) is 46.5 Å². The van der Waals surface area contributed by atoms with Crippen molar-refractivity contribution in [3.05, 3.63) is 12.2 Å². The number of esters is 1. The lowest BCUT2D eigenvalue weighted by molar-refractivity contribution is -0.303. The standard InChI is InChI=1S/C17H22F6O4/c1-5-14(4,11-7-9(2)6-10(3)8-11)27-13(26)16(20,21)17(22,23)15(18,19)12(24)25/h10-11H,2,5-8H2,1,3-4H3,(H,24,25). The molecule has 1 saturated carbocycles. The van der Waals surface area contributed by atoms with Gasteiger partial charge in [-0.05, 0) is 38.5 Å². The number of carboxylic acids is 1. The minimum Gasteiger partial charge on any atom is -0.477 e. The molecule has 3 atom stereocenters. The van der Waals surface area contributed by atoms with Crippen LogP contribution in [0.3, 0.4) is 0 Å². The van der Waals surface area contributed by atoms with Crippen molar-refractivity contribution < 1.29 is 45.8 Å². The number of hydrogen-bond acceptors (Lipinski definition) is 3. The quantitative estimate of drug-likeness (QED) is 0.380. The summed E-state index contributed by atoms with van der Waals surface area (Å²) in [6, 6.07) is 0. The van der Waals surface area contributed by atoms with E-state index in [0.717, 1.165) is 5.57 Å². The zero-order valence-corrected chi connectivity index (χ0v) is 15.1. The van der Waals surface area contributed by atoms with Crippen LogP contribution < -0.4 is 0 Å². The van der Waals surface area contributed by atoms with Crippen LogP contribution in [0.25, 0.3) is 0 Å². The second-order valence-electron chi connectivity index (χ2n) is 7.28. The number of carbonyl (C=O) groups excluding carboxylic acids is 1. The van der Waals surface area contributed by atoms with Crippen LogP contribution in [0, 0.1) is 11.8 Å². The topological polar surface area (TPSA) is 63.6 Å². The number of allylic oxidation sites excluding steroid dienone is 1. The molecule has 10 heteroatoms. The van der Waals surface area contributed by atoms with E-state index in [9.17, 15) is 35.9 Å².